The number of thiocarbonyl (C=S) groups is 1. The highest BCUT2D eigenvalue weighted by Gasteiger charge is 2.23. The van der Waals surface area contributed by atoms with E-state index < -0.39 is 0 Å². The van der Waals surface area contributed by atoms with Gasteiger partial charge < -0.3 is 5.32 Å². The zero-order valence-electron chi connectivity index (χ0n) is 6.29. The van der Waals surface area contributed by atoms with Crippen LogP contribution in [0.15, 0.2) is 0 Å². The van der Waals surface area contributed by atoms with Crippen LogP contribution < -0.4 is 5.32 Å². The minimum atomic E-state index is 0.0657. The monoisotopic (exact) mass is 190 g/mol. The van der Waals surface area contributed by atoms with Gasteiger partial charge in [-0.05, 0) is 19.1 Å². The summed E-state index contributed by atoms with van der Waals surface area (Å²) in [6.07, 6.45) is 0. The number of carbonyl (C=O) groups excluding carboxylic acids is 1. The van der Waals surface area contributed by atoms with E-state index in [-0.39, 0.29) is 5.24 Å². The van der Waals surface area contributed by atoms with Crippen LogP contribution in [0.5, 0.6) is 0 Å². The maximum absolute atomic E-state index is 11.1. The van der Waals surface area contributed by atoms with Gasteiger partial charge in [-0.3, -0.25) is 9.69 Å². The minimum Gasteiger partial charge on any atom is -0.362 e. The Bertz CT molecular complexity index is 183. The van der Waals surface area contributed by atoms with Gasteiger partial charge in [0.1, 0.15) is 0 Å². The second-order valence-electron chi connectivity index (χ2n) is 2.10. The molecule has 0 unspecified atom stereocenters. The average molecular weight is 190 g/mol. The highest BCUT2D eigenvalue weighted by Crippen LogP contribution is 2.16. The van der Waals surface area contributed by atoms with Crippen LogP contribution in [0.4, 0.5) is 4.79 Å². The molecule has 11 heavy (non-hydrogen) atoms. The first-order chi connectivity index (χ1) is 5.25. The summed E-state index contributed by atoms with van der Waals surface area (Å²) in [5.74, 6) is 0.852. The SMILES string of the molecule is CCNC(=S)N1CCSC1=O. The molecule has 3 nitrogen and oxygen atoms in total. The van der Waals surface area contributed by atoms with E-state index in [2.05, 4.69) is 5.32 Å². The molecule has 0 aromatic heterocycles. The van der Waals surface area contributed by atoms with Crippen molar-refractivity contribution in [3.8, 4) is 0 Å². The van der Waals surface area contributed by atoms with Gasteiger partial charge in [-0.15, -0.1) is 0 Å². The molecule has 0 aromatic rings. The predicted molar refractivity (Wildman–Crippen MR) is 50.8 cm³/mol. The molecule has 1 fully saturated rings. The van der Waals surface area contributed by atoms with Crippen LogP contribution >= 0.6 is 24.0 Å². The number of nitrogens with zero attached hydrogens (tertiary/aromatic N) is 1. The topological polar surface area (TPSA) is 32.3 Å². The van der Waals surface area contributed by atoms with Crippen LogP contribution in [0.2, 0.25) is 0 Å². The van der Waals surface area contributed by atoms with E-state index >= 15 is 0 Å². The maximum atomic E-state index is 11.1. The van der Waals surface area contributed by atoms with Crippen molar-refractivity contribution in [1.29, 1.82) is 0 Å². The normalized spacial score (nSPS) is 17.2. The highest BCUT2D eigenvalue weighted by atomic mass is 32.2. The Morgan fingerprint density at radius 2 is 2.64 bits per heavy atom. The van der Waals surface area contributed by atoms with Crippen molar-refractivity contribution >= 4 is 34.3 Å². The first-order valence-corrected chi connectivity index (χ1v) is 4.87. The number of nitrogens with one attached hydrogen (secondary N) is 1. The first kappa shape index (κ1) is 8.80. The Hall–Kier alpha value is -0.290. The molecule has 1 saturated heterocycles. The number of rotatable bonds is 1. The largest absolute Gasteiger partial charge is 0.362 e. The van der Waals surface area contributed by atoms with Crippen molar-refractivity contribution in [2.24, 2.45) is 0 Å². The summed E-state index contributed by atoms with van der Waals surface area (Å²) in [4.78, 5) is 12.7. The molecule has 1 aliphatic heterocycles. The summed E-state index contributed by atoms with van der Waals surface area (Å²) in [7, 11) is 0. The molecule has 0 bridgehead atoms. The van der Waals surface area contributed by atoms with E-state index in [4.69, 9.17) is 12.2 Å². The number of hydrogen-bond donors (Lipinski definition) is 1. The minimum absolute atomic E-state index is 0.0657. The molecule has 1 amide bonds. The lowest BCUT2D eigenvalue weighted by Crippen LogP contribution is -2.39. The molecule has 5 heteroatoms. The van der Waals surface area contributed by atoms with Gasteiger partial charge in [0.15, 0.2) is 5.11 Å². The molecule has 1 aliphatic rings. The second kappa shape index (κ2) is 3.92. The average Bonchev–Trinajstić information content (AvgIpc) is 2.36. The molecule has 0 radical (unpaired) electrons. The standard InChI is InChI=1S/C6H10N2OS2/c1-2-7-5(10)8-3-4-11-6(8)9/h2-4H2,1H3,(H,7,10). The molecule has 1 heterocycles. The number of carbonyl (C=O) groups is 1. The first-order valence-electron chi connectivity index (χ1n) is 3.48. The van der Waals surface area contributed by atoms with Crippen molar-refractivity contribution in [3.63, 3.8) is 0 Å². The highest BCUT2D eigenvalue weighted by molar-refractivity contribution is 8.14. The van der Waals surface area contributed by atoms with Gasteiger partial charge in [-0.1, -0.05) is 11.8 Å². The molecule has 0 aromatic carbocycles. The lowest BCUT2D eigenvalue weighted by molar-refractivity contribution is 0.247. The van der Waals surface area contributed by atoms with Crippen molar-refractivity contribution < 1.29 is 4.79 Å². The van der Waals surface area contributed by atoms with Crippen LogP contribution in [0.3, 0.4) is 0 Å². The van der Waals surface area contributed by atoms with Gasteiger partial charge >= 0.3 is 0 Å². The van der Waals surface area contributed by atoms with Gasteiger partial charge in [0.05, 0.1) is 0 Å². The molecular formula is C6H10N2OS2. The molecule has 0 atom stereocenters. The maximum Gasteiger partial charge on any atom is 0.287 e. The summed E-state index contributed by atoms with van der Waals surface area (Å²) in [6.45, 7) is 3.47. The summed E-state index contributed by atoms with van der Waals surface area (Å²) in [5.41, 5.74) is 0. The number of hydrogen-bond acceptors (Lipinski definition) is 3. The predicted octanol–water partition coefficient (Wildman–Crippen LogP) is 1.05. The molecule has 0 spiro atoms. The third-order valence-electron chi connectivity index (χ3n) is 1.33. The van der Waals surface area contributed by atoms with Crippen molar-refractivity contribution in [2.75, 3.05) is 18.8 Å². The molecular weight excluding hydrogens is 180 g/mol. The fourth-order valence-corrected chi connectivity index (χ4v) is 1.99. The summed E-state index contributed by atoms with van der Waals surface area (Å²) >= 11 is 6.29. The fourth-order valence-electron chi connectivity index (χ4n) is 0.825. The summed E-state index contributed by atoms with van der Waals surface area (Å²) in [5, 5.41) is 3.56. The zero-order valence-corrected chi connectivity index (χ0v) is 7.93. The van der Waals surface area contributed by atoms with E-state index in [0.29, 0.717) is 5.11 Å². The van der Waals surface area contributed by atoms with Crippen LogP contribution in [0.1, 0.15) is 6.92 Å². The Kier molecular flexibility index (Phi) is 3.14. The third kappa shape index (κ3) is 2.07. The van der Waals surface area contributed by atoms with E-state index in [1.54, 1.807) is 4.90 Å². The Labute approximate surface area is 75.5 Å². The number of amides is 1. The lowest BCUT2D eigenvalue weighted by atomic mass is 10.6. The van der Waals surface area contributed by atoms with E-state index in [9.17, 15) is 4.79 Å². The summed E-state index contributed by atoms with van der Waals surface area (Å²) in [6, 6.07) is 0. The molecule has 62 valence electrons. The van der Waals surface area contributed by atoms with E-state index in [1.807, 2.05) is 6.92 Å². The Morgan fingerprint density at radius 3 is 3.09 bits per heavy atom. The van der Waals surface area contributed by atoms with Crippen molar-refractivity contribution in [1.82, 2.24) is 10.2 Å². The molecule has 0 aliphatic carbocycles. The zero-order chi connectivity index (χ0) is 8.27. The van der Waals surface area contributed by atoms with Crippen molar-refractivity contribution in [3.05, 3.63) is 0 Å². The molecule has 0 saturated carbocycles. The van der Waals surface area contributed by atoms with Gasteiger partial charge in [0.25, 0.3) is 5.24 Å². The van der Waals surface area contributed by atoms with Gasteiger partial charge in [0, 0.05) is 18.8 Å². The third-order valence-corrected chi connectivity index (χ3v) is 2.55. The fraction of sp³-hybridized carbons (Fsp3) is 0.667. The second-order valence-corrected chi connectivity index (χ2v) is 3.53. The molecule has 1 N–H and O–H groups in total. The molecule has 1 rings (SSSR count). The van der Waals surface area contributed by atoms with E-state index in [1.165, 1.54) is 11.8 Å². The quantitative estimate of drug-likeness (QED) is 0.626. The van der Waals surface area contributed by atoms with Gasteiger partial charge in [0.2, 0.25) is 0 Å². The Balaban J connectivity index is 2.46. The van der Waals surface area contributed by atoms with Crippen LogP contribution in [0, 0.1) is 0 Å². The van der Waals surface area contributed by atoms with Crippen LogP contribution in [-0.2, 0) is 0 Å². The van der Waals surface area contributed by atoms with Gasteiger partial charge in [-0.2, -0.15) is 0 Å². The van der Waals surface area contributed by atoms with E-state index in [0.717, 1.165) is 18.8 Å². The van der Waals surface area contributed by atoms with Crippen LogP contribution in [-0.4, -0.2) is 34.1 Å². The number of thioether (sulfide) groups is 1. The summed E-state index contributed by atoms with van der Waals surface area (Å²) < 4.78 is 0. The van der Waals surface area contributed by atoms with Crippen LogP contribution in [0.25, 0.3) is 0 Å². The lowest BCUT2D eigenvalue weighted by Gasteiger charge is -2.15. The smallest absolute Gasteiger partial charge is 0.287 e. The van der Waals surface area contributed by atoms with Crippen molar-refractivity contribution in [2.45, 2.75) is 6.92 Å². The Morgan fingerprint density at radius 1 is 1.91 bits per heavy atom. The van der Waals surface area contributed by atoms with Gasteiger partial charge in [-0.25, -0.2) is 0 Å².